The minimum Gasteiger partial charge on any atom is -0.394 e. The van der Waals surface area contributed by atoms with Gasteiger partial charge in [-0.2, -0.15) is 0 Å². The molecule has 0 radical (unpaired) electrons. The van der Waals surface area contributed by atoms with Gasteiger partial charge < -0.3 is 20.3 Å². The highest BCUT2D eigenvalue weighted by molar-refractivity contribution is 5.81. The van der Waals surface area contributed by atoms with Crippen LogP contribution in [-0.4, -0.2) is 49.5 Å². The number of anilines is 1. The van der Waals surface area contributed by atoms with Crippen LogP contribution in [0.15, 0.2) is 12.7 Å². The zero-order chi connectivity index (χ0) is 12.3. The number of imidazole rings is 1. The van der Waals surface area contributed by atoms with Crippen LogP contribution in [0.3, 0.4) is 0 Å². The van der Waals surface area contributed by atoms with Crippen LogP contribution in [-0.2, 0) is 9.47 Å². The summed E-state index contributed by atoms with van der Waals surface area (Å²) in [6.07, 6.45) is 2.33. The van der Waals surface area contributed by atoms with Crippen LogP contribution >= 0.6 is 0 Å². The number of aliphatic hydroxyl groups excluding tert-OH is 1. The lowest BCUT2D eigenvalue weighted by molar-refractivity contribution is -0.0823. The normalized spacial score (nSPS) is 33.8. The summed E-state index contributed by atoms with van der Waals surface area (Å²) in [5, 5.41) is 9.16. The van der Waals surface area contributed by atoms with E-state index in [9.17, 15) is 0 Å². The van der Waals surface area contributed by atoms with Gasteiger partial charge in [0.05, 0.1) is 12.9 Å². The topological polar surface area (TPSA) is 112 Å². The van der Waals surface area contributed by atoms with E-state index in [1.165, 1.54) is 6.33 Å². The number of rotatable bonds is 2. The Morgan fingerprint density at radius 2 is 2.17 bits per heavy atom. The van der Waals surface area contributed by atoms with Gasteiger partial charge in [0.15, 0.2) is 17.7 Å². The molecule has 3 N–H and O–H groups in total. The maximum absolute atomic E-state index is 9.16. The van der Waals surface area contributed by atoms with Crippen LogP contribution in [0.4, 0.5) is 5.82 Å². The summed E-state index contributed by atoms with van der Waals surface area (Å²) in [6, 6.07) is 0. The molecule has 4 rings (SSSR count). The number of nitrogen functional groups attached to an aromatic ring is 1. The molecule has 2 aromatic heterocycles. The fourth-order valence-corrected chi connectivity index (χ4v) is 2.43. The van der Waals surface area contributed by atoms with Gasteiger partial charge in [0.2, 0.25) is 0 Å². The highest BCUT2D eigenvalue weighted by Gasteiger charge is 2.58. The summed E-state index contributed by atoms with van der Waals surface area (Å²) in [5.74, 6) is 0.337. The van der Waals surface area contributed by atoms with Crippen molar-refractivity contribution in [3.8, 4) is 0 Å². The van der Waals surface area contributed by atoms with Crippen LogP contribution in [0.2, 0.25) is 0 Å². The number of aliphatic hydroxyl groups is 1. The van der Waals surface area contributed by atoms with E-state index in [0.717, 1.165) is 0 Å². The Bertz CT molecular complexity index is 615. The molecule has 0 spiro atoms. The molecule has 2 aliphatic rings. The lowest BCUT2D eigenvalue weighted by Gasteiger charge is -2.17. The number of fused-ring (bicyclic) bond motifs is 2. The highest BCUT2D eigenvalue weighted by atomic mass is 16.7. The van der Waals surface area contributed by atoms with Crippen molar-refractivity contribution in [3.63, 3.8) is 0 Å². The molecule has 4 atom stereocenters. The van der Waals surface area contributed by atoms with Gasteiger partial charge in [-0.25, -0.2) is 15.0 Å². The van der Waals surface area contributed by atoms with Crippen LogP contribution in [0.25, 0.3) is 11.2 Å². The first-order chi connectivity index (χ1) is 8.79. The SMILES string of the molecule is Nc1ncnc2c1ncn2C1O[C@H](CO)[C@H]2O[C@@H]12. The molecule has 2 saturated heterocycles. The predicted octanol–water partition coefficient (Wildman–Crippen LogP) is -0.934. The molecule has 8 heteroatoms. The third-order valence-corrected chi connectivity index (χ3v) is 3.36. The highest BCUT2D eigenvalue weighted by Crippen LogP contribution is 2.45. The molecule has 18 heavy (non-hydrogen) atoms. The number of nitrogens with two attached hydrogens (primary N) is 1. The quantitative estimate of drug-likeness (QED) is 0.661. The molecule has 0 saturated carbocycles. The summed E-state index contributed by atoms with van der Waals surface area (Å²) in [5.41, 5.74) is 6.89. The number of ether oxygens (including phenoxy) is 2. The Hall–Kier alpha value is -1.77. The zero-order valence-electron chi connectivity index (χ0n) is 9.30. The third-order valence-electron chi connectivity index (χ3n) is 3.36. The van der Waals surface area contributed by atoms with Crippen molar-refractivity contribution >= 4 is 17.0 Å². The second kappa shape index (κ2) is 3.37. The summed E-state index contributed by atoms with van der Waals surface area (Å²) < 4.78 is 12.9. The molecule has 0 bridgehead atoms. The molecule has 8 nitrogen and oxygen atoms in total. The Morgan fingerprint density at radius 3 is 2.94 bits per heavy atom. The van der Waals surface area contributed by atoms with Gasteiger partial charge in [0, 0.05) is 0 Å². The number of hydrogen-bond acceptors (Lipinski definition) is 7. The van der Waals surface area contributed by atoms with Crippen molar-refractivity contribution < 1.29 is 14.6 Å². The van der Waals surface area contributed by atoms with E-state index in [1.54, 1.807) is 10.9 Å². The Labute approximate surface area is 101 Å². The van der Waals surface area contributed by atoms with Gasteiger partial charge in [0.1, 0.15) is 30.2 Å². The monoisotopic (exact) mass is 249 g/mol. The Kier molecular flexibility index (Phi) is 1.91. The first kappa shape index (κ1) is 10.2. The Balaban J connectivity index is 1.78. The molecule has 0 amide bonds. The van der Waals surface area contributed by atoms with Crippen LogP contribution in [0.1, 0.15) is 6.23 Å². The maximum Gasteiger partial charge on any atom is 0.167 e. The van der Waals surface area contributed by atoms with E-state index in [2.05, 4.69) is 15.0 Å². The first-order valence-corrected chi connectivity index (χ1v) is 5.64. The number of epoxide rings is 1. The van der Waals surface area contributed by atoms with Crippen LogP contribution in [0.5, 0.6) is 0 Å². The zero-order valence-corrected chi connectivity index (χ0v) is 9.30. The fraction of sp³-hybridized carbons (Fsp3) is 0.500. The summed E-state index contributed by atoms with van der Waals surface area (Å²) in [4.78, 5) is 12.2. The molecule has 2 aromatic rings. The average molecular weight is 249 g/mol. The lowest BCUT2D eigenvalue weighted by Crippen LogP contribution is -2.22. The van der Waals surface area contributed by atoms with Crippen molar-refractivity contribution in [3.05, 3.63) is 12.7 Å². The third kappa shape index (κ3) is 1.22. The largest absolute Gasteiger partial charge is 0.394 e. The maximum atomic E-state index is 9.16. The second-order valence-electron chi connectivity index (χ2n) is 4.40. The van der Waals surface area contributed by atoms with Crippen LogP contribution in [0, 0.1) is 0 Å². The smallest absolute Gasteiger partial charge is 0.167 e. The van der Waals surface area contributed by atoms with Gasteiger partial charge in [-0.1, -0.05) is 0 Å². The predicted molar refractivity (Wildman–Crippen MR) is 59.4 cm³/mol. The summed E-state index contributed by atoms with van der Waals surface area (Å²) in [7, 11) is 0. The number of aromatic nitrogens is 4. The number of hydrogen-bond donors (Lipinski definition) is 2. The lowest BCUT2D eigenvalue weighted by atomic mass is 10.2. The van der Waals surface area contributed by atoms with E-state index < -0.39 is 0 Å². The molecule has 2 aliphatic heterocycles. The molecule has 0 aromatic carbocycles. The Morgan fingerprint density at radius 1 is 1.28 bits per heavy atom. The van der Waals surface area contributed by atoms with Gasteiger partial charge in [-0.3, -0.25) is 4.57 Å². The molecule has 0 aliphatic carbocycles. The summed E-state index contributed by atoms with van der Waals surface area (Å²) >= 11 is 0. The van der Waals surface area contributed by atoms with Crippen LogP contribution < -0.4 is 5.73 Å². The molecule has 4 heterocycles. The first-order valence-electron chi connectivity index (χ1n) is 5.64. The van der Waals surface area contributed by atoms with E-state index in [1.807, 2.05) is 0 Å². The van der Waals surface area contributed by atoms with Gasteiger partial charge >= 0.3 is 0 Å². The number of nitrogens with zero attached hydrogens (tertiary/aromatic N) is 4. The summed E-state index contributed by atoms with van der Waals surface area (Å²) in [6.45, 7) is -0.0541. The van der Waals surface area contributed by atoms with E-state index >= 15 is 0 Å². The van der Waals surface area contributed by atoms with Crippen molar-refractivity contribution in [2.45, 2.75) is 24.5 Å². The fourth-order valence-electron chi connectivity index (χ4n) is 2.43. The van der Waals surface area contributed by atoms with Crippen molar-refractivity contribution in [1.82, 2.24) is 19.5 Å². The van der Waals surface area contributed by atoms with Gasteiger partial charge in [0.25, 0.3) is 0 Å². The molecular weight excluding hydrogens is 238 g/mol. The van der Waals surface area contributed by atoms with Crippen molar-refractivity contribution in [2.24, 2.45) is 0 Å². The molecule has 94 valence electrons. The van der Waals surface area contributed by atoms with Crippen molar-refractivity contribution in [2.75, 3.05) is 12.3 Å². The van der Waals surface area contributed by atoms with Gasteiger partial charge in [-0.05, 0) is 0 Å². The minimum atomic E-state index is -0.313. The van der Waals surface area contributed by atoms with E-state index in [0.29, 0.717) is 17.0 Å². The van der Waals surface area contributed by atoms with E-state index in [-0.39, 0.29) is 31.1 Å². The van der Waals surface area contributed by atoms with Gasteiger partial charge in [-0.15, -0.1) is 0 Å². The van der Waals surface area contributed by atoms with E-state index in [4.69, 9.17) is 20.3 Å². The average Bonchev–Trinajstić information content (AvgIpc) is 2.91. The molecule has 2 fully saturated rings. The molecule has 1 unspecified atom stereocenters. The second-order valence-corrected chi connectivity index (χ2v) is 4.40. The van der Waals surface area contributed by atoms with Crippen molar-refractivity contribution in [1.29, 1.82) is 0 Å². The standard InChI is InChI=1S/C10H11N5O3/c11-8-5-9(13-2-12-8)15(3-14-5)10-7-6(18-7)4(1-16)17-10/h2-4,6-7,10,16H,1H2,(H2,11,12,13)/t4-,6-,7-,10?/m1/s1. The molecular formula is C10H11N5O3. The minimum absolute atomic E-state index is 0.0309.